The van der Waals surface area contributed by atoms with Crippen LogP contribution in [0.25, 0.3) is 0 Å². The van der Waals surface area contributed by atoms with Gasteiger partial charge in [-0.05, 0) is 25.3 Å². The van der Waals surface area contributed by atoms with E-state index in [1.54, 1.807) is 7.11 Å². The summed E-state index contributed by atoms with van der Waals surface area (Å²) in [4.78, 5) is 0. The van der Waals surface area contributed by atoms with Gasteiger partial charge in [0.1, 0.15) is 0 Å². The largest absolute Gasteiger partial charge is 0.380 e. The first-order valence-electron chi connectivity index (χ1n) is 5.01. The Morgan fingerprint density at radius 1 is 1.54 bits per heavy atom. The molecule has 0 aliphatic heterocycles. The number of hydrogen-bond donors (Lipinski definition) is 2. The van der Waals surface area contributed by atoms with Crippen molar-refractivity contribution in [3.05, 3.63) is 0 Å². The zero-order chi connectivity index (χ0) is 10.3. The van der Waals surface area contributed by atoms with E-state index in [1.165, 1.54) is 0 Å². The van der Waals surface area contributed by atoms with Gasteiger partial charge in [0, 0.05) is 20.2 Å². The van der Waals surface area contributed by atoms with Gasteiger partial charge in [-0.2, -0.15) is 0 Å². The van der Waals surface area contributed by atoms with Gasteiger partial charge in [-0.1, -0.05) is 13.8 Å². The van der Waals surface area contributed by atoms with Crippen molar-refractivity contribution in [3.8, 4) is 0 Å². The molecule has 0 aromatic rings. The Hall–Kier alpha value is -0.120. The molecule has 0 fully saturated rings. The zero-order valence-corrected chi connectivity index (χ0v) is 9.39. The van der Waals surface area contributed by atoms with Crippen LogP contribution in [-0.4, -0.2) is 32.8 Å². The van der Waals surface area contributed by atoms with Crippen molar-refractivity contribution in [2.24, 2.45) is 11.1 Å². The molecular formula is C10H24N2O. The quantitative estimate of drug-likeness (QED) is 0.626. The fourth-order valence-electron chi connectivity index (χ4n) is 1.00. The van der Waals surface area contributed by atoms with Crippen LogP contribution in [0.2, 0.25) is 0 Å². The molecule has 0 radical (unpaired) electrons. The average Bonchev–Trinajstić information content (AvgIpc) is 2.17. The van der Waals surface area contributed by atoms with Crippen LogP contribution in [0.4, 0.5) is 0 Å². The number of hydrogen-bond acceptors (Lipinski definition) is 3. The van der Waals surface area contributed by atoms with Gasteiger partial charge in [-0.15, -0.1) is 0 Å². The summed E-state index contributed by atoms with van der Waals surface area (Å²) in [6.07, 6.45) is 1.39. The van der Waals surface area contributed by atoms with Crippen molar-refractivity contribution >= 4 is 0 Å². The van der Waals surface area contributed by atoms with E-state index in [1.807, 2.05) is 0 Å². The molecule has 2 unspecified atom stereocenters. The molecule has 0 saturated heterocycles. The number of methoxy groups -OCH3 is 1. The summed E-state index contributed by atoms with van der Waals surface area (Å²) in [6.45, 7) is 9.03. The summed E-state index contributed by atoms with van der Waals surface area (Å²) in [7, 11) is 1.73. The predicted molar refractivity (Wildman–Crippen MR) is 56.8 cm³/mol. The van der Waals surface area contributed by atoms with E-state index in [0.29, 0.717) is 0 Å². The van der Waals surface area contributed by atoms with Gasteiger partial charge >= 0.3 is 0 Å². The predicted octanol–water partition coefficient (Wildman–Crippen LogP) is 0.986. The SMILES string of the molecule is CCC(C)(CN)CNCC(C)OC. The third-order valence-corrected chi connectivity index (χ3v) is 2.73. The molecule has 0 spiro atoms. The standard InChI is InChI=1S/C10H24N2O/c1-5-10(3,7-11)8-12-6-9(2)13-4/h9,12H,5-8,11H2,1-4H3. The third-order valence-electron chi connectivity index (χ3n) is 2.73. The normalized spacial score (nSPS) is 18.2. The molecule has 0 aliphatic rings. The van der Waals surface area contributed by atoms with Gasteiger partial charge in [0.2, 0.25) is 0 Å². The van der Waals surface area contributed by atoms with E-state index in [9.17, 15) is 0 Å². The Balaban J connectivity index is 3.61. The molecule has 0 saturated carbocycles. The van der Waals surface area contributed by atoms with Gasteiger partial charge < -0.3 is 15.8 Å². The van der Waals surface area contributed by atoms with Crippen molar-refractivity contribution in [1.82, 2.24) is 5.32 Å². The van der Waals surface area contributed by atoms with Crippen LogP contribution < -0.4 is 11.1 Å². The molecule has 3 heteroatoms. The molecule has 80 valence electrons. The van der Waals surface area contributed by atoms with E-state index >= 15 is 0 Å². The lowest BCUT2D eigenvalue weighted by Gasteiger charge is -2.27. The minimum absolute atomic E-state index is 0.230. The van der Waals surface area contributed by atoms with Gasteiger partial charge in [0.15, 0.2) is 0 Å². The van der Waals surface area contributed by atoms with Crippen LogP contribution in [0.15, 0.2) is 0 Å². The number of ether oxygens (including phenoxy) is 1. The van der Waals surface area contributed by atoms with Crippen molar-refractivity contribution in [1.29, 1.82) is 0 Å². The maximum absolute atomic E-state index is 5.70. The molecule has 0 heterocycles. The first-order chi connectivity index (χ1) is 6.08. The Bertz CT molecular complexity index is 124. The van der Waals surface area contributed by atoms with Gasteiger partial charge in [-0.25, -0.2) is 0 Å². The molecule has 0 bridgehead atoms. The van der Waals surface area contributed by atoms with E-state index in [-0.39, 0.29) is 11.5 Å². The van der Waals surface area contributed by atoms with Crippen molar-refractivity contribution in [2.45, 2.75) is 33.3 Å². The van der Waals surface area contributed by atoms with E-state index in [4.69, 9.17) is 10.5 Å². The van der Waals surface area contributed by atoms with E-state index in [0.717, 1.165) is 26.1 Å². The lowest BCUT2D eigenvalue weighted by Crippen LogP contribution is -2.40. The van der Waals surface area contributed by atoms with Crippen LogP contribution in [0.5, 0.6) is 0 Å². The Kier molecular flexibility index (Phi) is 6.29. The summed E-state index contributed by atoms with van der Waals surface area (Å²) in [6, 6.07) is 0. The van der Waals surface area contributed by atoms with Crippen LogP contribution in [0, 0.1) is 5.41 Å². The highest BCUT2D eigenvalue weighted by molar-refractivity contribution is 4.76. The zero-order valence-electron chi connectivity index (χ0n) is 9.39. The van der Waals surface area contributed by atoms with Crippen LogP contribution in [-0.2, 0) is 4.74 Å². The lowest BCUT2D eigenvalue weighted by molar-refractivity contribution is 0.113. The maximum atomic E-state index is 5.70. The highest BCUT2D eigenvalue weighted by atomic mass is 16.5. The van der Waals surface area contributed by atoms with Gasteiger partial charge in [0.05, 0.1) is 6.10 Å². The Morgan fingerprint density at radius 2 is 2.15 bits per heavy atom. The fraction of sp³-hybridized carbons (Fsp3) is 1.00. The molecule has 3 N–H and O–H groups in total. The Labute approximate surface area is 82.0 Å². The molecule has 0 aliphatic carbocycles. The summed E-state index contributed by atoms with van der Waals surface area (Å²) >= 11 is 0. The molecule has 0 aromatic heterocycles. The second-order valence-electron chi connectivity index (χ2n) is 4.05. The maximum Gasteiger partial charge on any atom is 0.0667 e. The number of nitrogens with two attached hydrogens (primary N) is 1. The first kappa shape index (κ1) is 12.9. The van der Waals surface area contributed by atoms with Gasteiger partial charge in [0.25, 0.3) is 0 Å². The minimum Gasteiger partial charge on any atom is -0.380 e. The monoisotopic (exact) mass is 188 g/mol. The molecule has 0 rings (SSSR count). The summed E-state index contributed by atoms with van der Waals surface area (Å²) < 4.78 is 5.14. The van der Waals surface area contributed by atoms with Crippen molar-refractivity contribution in [2.75, 3.05) is 26.7 Å². The van der Waals surface area contributed by atoms with Crippen LogP contribution in [0.3, 0.4) is 0 Å². The van der Waals surface area contributed by atoms with E-state index in [2.05, 4.69) is 26.1 Å². The highest BCUT2D eigenvalue weighted by Gasteiger charge is 2.19. The molecule has 0 aromatic carbocycles. The summed E-state index contributed by atoms with van der Waals surface area (Å²) in [5, 5.41) is 3.37. The molecule has 3 nitrogen and oxygen atoms in total. The topological polar surface area (TPSA) is 47.3 Å². The van der Waals surface area contributed by atoms with Crippen LogP contribution >= 0.6 is 0 Å². The second-order valence-corrected chi connectivity index (χ2v) is 4.05. The first-order valence-corrected chi connectivity index (χ1v) is 5.01. The minimum atomic E-state index is 0.230. The molecule has 0 amide bonds. The van der Waals surface area contributed by atoms with E-state index < -0.39 is 0 Å². The molecule has 13 heavy (non-hydrogen) atoms. The number of nitrogens with one attached hydrogen (secondary N) is 1. The van der Waals surface area contributed by atoms with Crippen LogP contribution in [0.1, 0.15) is 27.2 Å². The summed E-state index contributed by atoms with van der Waals surface area (Å²) in [5.74, 6) is 0. The van der Waals surface area contributed by atoms with Crippen molar-refractivity contribution < 1.29 is 4.74 Å². The highest BCUT2D eigenvalue weighted by Crippen LogP contribution is 2.17. The lowest BCUT2D eigenvalue weighted by atomic mass is 9.88. The van der Waals surface area contributed by atoms with Gasteiger partial charge in [-0.3, -0.25) is 0 Å². The molecule has 2 atom stereocenters. The Morgan fingerprint density at radius 3 is 2.54 bits per heavy atom. The fourth-order valence-corrected chi connectivity index (χ4v) is 1.00. The smallest absolute Gasteiger partial charge is 0.0667 e. The third kappa shape index (κ3) is 5.24. The summed E-state index contributed by atoms with van der Waals surface area (Å²) in [5.41, 5.74) is 5.93. The second kappa shape index (κ2) is 6.35. The van der Waals surface area contributed by atoms with Crippen molar-refractivity contribution in [3.63, 3.8) is 0 Å². The average molecular weight is 188 g/mol. The number of rotatable bonds is 7. The molecular weight excluding hydrogens is 164 g/mol.